The smallest absolute Gasteiger partial charge is 0.314 e. The Labute approximate surface area is 99.0 Å². The van der Waals surface area contributed by atoms with Crippen LogP contribution in [-0.4, -0.2) is 12.6 Å². The molecule has 0 aromatic heterocycles. The molecular formula is C13H16F3N. The highest BCUT2D eigenvalue weighted by molar-refractivity contribution is 5.29. The molecule has 1 aliphatic rings. The molecule has 1 fully saturated rings. The third-order valence-electron chi connectivity index (χ3n) is 3.25. The lowest BCUT2D eigenvalue weighted by atomic mass is 9.99. The molecule has 1 aliphatic heterocycles. The summed E-state index contributed by atoms with van der Waals surface area (Å²) in [5.74, 6) is 0. The van der Waals surface area contributed by atoms with Crippen molar-refractivity contribution in [2.24, 2.45) is 0 Å². The van der Waals surface area contributed by atoms with Gasteiger partial charge in [0.1, 0.15) is 0 Å². The van der Waals surface area contributed by atoms with Crippen molar-refractivity contribution in [3.8, 4) is 0 Å². The largest absolute Gasteiger partial charge is 0.416 e. The predicted molar refractivity (Wildman–Crippen MR) is 60.8 cm³/mol. The van der Waals surface area contributed by atoms with Gasteiger partial charge in [0.15, 0.2) is 0 Å². The van der Waals surface area contributed by atoms with Crippen LogP contribution in [0.2, 0.25) is 0 Å². The van der Waals surface area contributed by atoms with Crippen molar-refractivity contribution in [2.75, 3.05) is 6.54 Å². The van der Waals surface area contributed by atoms with E-state index in [9.17, 15) is 13.2 Å². The van der Waals surface area contributed by atoms with Crippen molar-refractivity contribution >= 4 is 0 Å². The summed E-state index contributed by atoms with van der Waals surface area (Å²) in [7, 11) is 0. The molecule has 0 bridgehead atoms. The van der Waals surface area contributed by atoms with E-state index in [1.807, 2.05) is 0 Å². The molecule has 1 aromatic rings. The summed E-state index contributed by atoms with van der Waals surface area (Å²) >= 11 is 0. The number of hydrogen-bond acceptors (Lipinski definition) is 1. The number of alkyl halides is 3. The lowest BCUT2D eigenvalue weighted by Crippen LogP contribution is -2.22. The molecule has 0 saturated carbocycles. The zero-order valence-electron chi connectivity index (χ0n) is 9.56. The minimum Gasteiger partial charge on any atom is -0.314 e. The number of aryl methyl sites for hydroxylation is 1. The Hall–Kier alpha value is -1.03. The van der Waals surface area contributed by atoms with Gasteiger partial charge in [0.25, 0.3) is 0 Å². The van der Waals surface area contributed by atoms with Crippen LogP contribution in [0.1, 0.15) is 30.4 Å². The Morgan fingerprint density at radius 3 is 2.65 bits per heavy atom. The summed E-state index contributed by atoms with van der Waals surface area (Å²) in [5, 5.41) is 3.30. The van der Waals surface area contributed by atoms with Crippen molar-refractivity contribution in [1.29, 1.82) is 0 Å². The molecule has 2 rings (SSSR count). The third kappa shape index (κ3) is 3.22. The first-order chi connectivity index (χ1) is 8.07. The van der Waals surface area contributed by atoms with Crippen LogP contribution >= 0.6 is 0 Å². The van der Waals surface area contributed by atoms with Gasteiger partial charge in [-0.25, -0.2) is 0 Å². The Balaban J connectivity index is 2.04. The standard InChI is InChI=1S/C13H16F3N/c14-13(15,16)12-6-2-1-4-10(12)7-8-11-5-3-9-17-11/h1-2,4,6,11,17H,3,5,7-9H2. The summed E-state index contributed by atoms with van der Waals surface area (Å²) < 4.78 is 38.2. The molecule has 0 amide bonds. The minimum atomic E-state index is -4.24. The zero-order valence-corrected chi connectivity index (χ0v) is 9.56. The van der Waals surface area contributed by atoms with E-state index >= 15 is 0 Å². The number of benzene rings is 1. The molecule has 1 aromatic carbocycles. The van der Waals surface area contributed by atoms with Gasteiger partial charge >= 0.3 is 6.18 Å². The van der Waals surface area contributed by atoms with Gasteiger partial charge in [-0.05, 0) is 43.9 Å². The van der Waals surface area contributed by atoms with Crippen LogP contribution in [0, 0.1) is 0 Å². The lowest BCUT2D eigenvalue weighted by molar-refractivity contribution is -0.138. The normalized spacial score (nSPS) is 20.8. The quantitative estimate of drug-likeness (QED) is 0.858. The van der Waals surface area contributed by atoms with Crippen LogP contribution in [-0.2, 0) is 12.6 Å². The van der Waals surface area contributed by atoms with Crippen LogP contribution in [0.15, 0.2) is 24.3 Å². The maximum absolute atomic E-state index is 12.7. The maximum Gasteiger partial charge on any atom is 0.416 e. The highest BCUT2D eigenvalue weighted by Gasteiger charge is 2.32. The van der Waals surface area contributed by atoms with Crippen molar-refractivity contribution in [1.82, 2.24) is 5.32 Å². The third-order valence-corrected chi connectivity index (χ3v) is 3.25. The molecule has 1 saturated heterocycles. The van der Waals surface area contributed by atoms with E-state index in [-0.39, 0.29) is 0 Å². The predicted octanol–water partition coefficient (Wildman–Crippen LogP) is 3.39. The van der Waals surface area contributed by atoms with E-state index in [0.29, 0.717) is 18.0 Å². The first kappa shape index (κ1) is 12.4. The highest BCUT2D eigenvalue weighted by atomic mass is 19.4. The maximum atomic E-state index is 12.7. The highest BCUT2D eigenvalue weighted by Crippen LogP contribution is 2.32. The van der Waals surface area contributed by atoms with Gasteiger partial charge in [0, 0.05) is 6.04 Å². The first-order valence-electron chi connectivity index (χ1n) is 5.96. The topological polar surface area (TPSA) is 12.0 Å². The van der Waals surface area contributed by atoms with Gasteiger partial charge in [-0.2, -0.15) is 13.2 Å². The summed E-state index contributed by atoms with van der Waals surface area (Å²) in [4.78, 5) is 0. The van der Waals surface area contributed by atoms with Crippen molar-refractivity contribution in [2.45, 2.75) is 37.9 Å². The van der Waals surface area contributed by atoms with Crippen LogP contribution in [0.4, 0.5) is 13.2 Å². The molecule has 1 nitrogen and oxygen atoms in total. The zero-order chi connectivity index (χ0) is 12.3. The molecule has 0 spiro atoms. The van der Waals surface area contributed by atoms with Gasteiger partial charge in [-0.1, -0.05) is 18.2 Å². The van der Waals surface area contributed by atoms with Gasteiger partial charge < -0.3 is 5.32 Å². The lowest BCUT2D eigenvalue weighted by Gasteiger charge is -2.14. The van der Waals surface area contributed by atoms with Gasteiger partial charge in [-0.15, -0.1) is 0 Å². The fourth-order valence-electron chi connectivity index (χ4n) is 2.35. The average Bonchev–Trinajstić information content (AvgIpc) is 2.78. The number of hydrogen-bond donors (Lipinski definition) is 1. The van der Waals surface area contributed by atoms with Crippen LogP contribution in [0.5, 0.6) is 0 Å². The van der Waals surface area contributed by atoms with Crippen molar-refractivity contribution in [3.63, 3.8) is 0 Å². The average molecular weight is 243 g/mol. The number of nitrogens with one attached hydrogen (secondary N) is 1. The Morgan fingerprint density at radius 2 is 2.00 bits per heavy atom. The summed E-state index contributed by atoms with van der Waals surface area (Å²) in [6.45, 7) is 0.992. The Bertz CT molecular complexity index is 367. The fourth-order valence-corrected chi connectivity index (χ4v) is 2.35. The number of rotatable bonds is 3. The van der Waals surface area contributed by atoms with Gasteiger partial charge in [-0.3, -0.25) is 0 Å². The molecule has 0 radical (unpaired) electrons. The molecule has 17 heavy (non-hydrogen) atoms. The SMILES string of the molecule is FC(F)(F)c1ccccc1CCC1CCCN1. The molecule has 94 valence electrons. The van der Waals surface area contributed by atoms with E-state index in [0.717, 1.165) is 31.9 Å². The number of halogens is 3. The molecule has 1 N–H and O–H groups in total. The fraction of sp³-hybridized carbons (Fsp3) is 0.538. The van der Waals surface area contributed by atoms with E-state index in [1.54, 1.807) is 12.1 Å². The Morgan fingerprint density at radius 1 is 1.24 bits per heavy atom. The van der Waals surface area contributed by atoms with Crippen molar-refractivity contribution < 1.29 is 13.2 Å². The van der Waals surface area contributed by atoms with Crippen LogP contribution in [0.3, 0.4) is 0 Å². The summed E-state index contributed by atoms with van der Waals surface area (Å²) in [5.41, 5.74) is -0.0771. The minimum absolute atomic E-state index is 0.385. The van der Waals surface area contributed by atoms with Gasteiger partial charge in [0.2, 0.25) is 0 Å². The second-order valence-electron chi connectivity index (χ2n) is 4.49. The molecular weight excluding hydrogens is 227 g/mol. The van der Waals surface area contributed by atoms with Crippen molar-refractivity contribution in [3.05, 3.63) is 35.4 Å². The van der Waals surface area contributed by atoms with E-state index in [1.165, 1.54) is 6.07 Å². The van der Waals surface area contributed by atoms with E-state index in [4.69, 9.17) is 0 Å². The van der Waals surface area contributed by atoms with Gasteiger partial charge in [0.05, 0.1) is 5.56 Å². The molecule has 1 atom stereocenters. The molecule has 1 unspecified atom stereocenters. The second kappa shape index (κ2) is 5.08. The van der Waals surface area contributed by atoms with E-state index < -0.39 is 11.7 Å². The molecule has 0 aliphatic carbocycles. The first-order valence-corrected chi connectivity index (χ1v) is 5.96. The van der Waals surface area contributed by atoms with E-state index in [2.05, 4.69) is 5.32 Å². The molecule has 1 heterocycles. The Kier molecular flexibility index (Phi) is 3.72. The second-order valence-corrected chi connectivity index (χ2v) is 4.49. The monoisotopic (exact) mass is 243 g/mol. The van der Waals surface area contributed by atoms with Crippen LogP contribution < -0.4 is 5.32 Å². The molecule has 4 heteroatoms. The van der Waals surface area contributed by atoms with Crippen LogP contribution in [0.25, 0.3) is 0 Å². The summed E-state index contributed by atoms with van der Waals surface area (Å²) in [6.07, 6.45) is -0.750. The summed E-state index contributed by atoms with van der Waals surface area (Å²) in [6, 6.07) is 6.25.